The number of benzene rings is 1. The fourth-order valence-electron chi connectivity index (χ4n) is 0.890. The molecule has 1 heterocycles. The molecule has 0 fully saturated rings. The summed E-state index contributed by atoms with van der Waals surface area (Å²) in [5.74, 6) is 0. The minimum absolute atomic E-state index is 0.223. The Morgan fingerprint density at radius 2 is 1.92 bits per heavy atom. The number of nitrogen functional groups attached to an aromatic ring is 1. The maximum absolute atomic E-state index is 5.31. The molecule has 0 saturated carbocycles. The molecule has 0 aliphatic rings. The van der Waals surface area contributed by atoms with Crippen LogP contribution in [0.4, 0.5) is 6.01 Å². The smallest absolute Gasteiger partial charge is 0.292 e. The molecule has 1 aromatic carbocycles. The fourth-order valence-corrected chi connectivity index (χ4v) is 0.890. The van der Waals surface area contributed by atoms with Crippen LogP contribution < -0.4 is 5.73 Å². The lowest BCUT2D eigenvalue weighted by atomic mass is 10.3. The van der Waals surface area contributed by atoms with Crippen LogP contribution >= 0.6 is 0 Å². The van der Waals surface area contributed by atoms with Crippen molar-refractivity contribution < 1.29 is 4.42 Å². The molecule has 12 heavy (non-hydrogen) atoms. The Balaban J connectivity index is 0.000000336. The van der Waals surface area contributed by atoms with E-state index in [1.807, 2.05) is 24.3 Å². The molecule has 0 aliphatic heterocycles. The number of aromatic nitrogens is 1. The molecule has 3 nitrogen and oxygen atoms in total. The molecule has 60 valence electrons. The van der Waals surface area contributed by atoms with Gasteiger partial charge in [-0.1, -0.05) is 12.1 Å². The quantitative estimate of drug-likeness (QED) is 0.596. The van der Waals surface area contributed by atoms with Crippen molar-refractivity contribution in [2.24, 2.45) is 0 Å². The first kappa shape index (κ1) is 8.15. The standard InChI is InChI=1S/C7H6N2O.C2H2/c8-7-9-5-3-1-2-4-6(5)10-7;1-2/h1-4H,(H2,8,9);1-2H. The minimum atomic E-state index is 0.223. The zero-order valence-electron chi connectivity index (χ0n) is 6.40. The molecular formula is C9H8N2O. The minimum Gasteiger partial charge on any atom is -0.424 e. The molecule has 0 amide bonds. The van der Waals surface area contributed by atoms with E-state index in [9.17, 15) is 0 Å². The summed E-state index contributed by atoms with van der Waals surface area (Å²) >= 11 is 0. The van der Waals surface area contributed by atoms with Gasteiger partial charge in [0.2, 0.25) is 0 Å². The average molecular weight is 160 g/mol. The van der Waals surface area contributed by atoms with Crippen molar-refractivity contribution >= 4 is 17.1 Å². The molecule has 0 unspecified atom stereocenters. The Hall–Kier alpha value is -1.95. The highest BCUT2D eigenvalue weighted by Gasteiger charge is 1.97. The second-order valence-electron chi connectivity index (χ2n) is 2.02. The van der Waals surface area contributed by atoms with Gasteiger partial charge in [0.25, 0.3) is 6.01 Å². The maximum atomic E-state index is 5.31. The molecule has 0 atom stereocenters. The molecule has 2 N–H and O–H groups in total. The predicted octanol–water partition coefficient (Wildman–Crippen LogP) is 1.66. The summed E-state index contributed by atoms with van der Waals surface area (Å²) < 4.78 is 5.03. The third kappa shape index (κ3) is 1.38. The van der Waals surface area contributed by atoms with Crippen molar-refractivity contribution in [1.29, 1.82) is 0 Å². The molecule has 0 bridgehead atoms. The fraction of sp³-hybridized carbons (Fsp3) is 0. The number of anilines is 1. The summed E-state index contributed by atoms with van der Waals surface area (Å²) in [5, 5.41) is 0. The number of hydrogen-bond donors (Lipinski definition) is 1. The maximum Gasteiger partial charge on any atom is 0.292 e. The number of nitrogens with two attached hydrogens (primary N) is 1. The Labute approximate surface area is 70.2 Å². The van der Waals surface area contributed by atoms with Crippen molar-refractivity contribution in [1.82, 2.24) is 4.98 Å². The van der Waals surface area contributed by atoms with E-state index in [4.69, 9.17) is 10.2 Å². The van der Waals surface area contributed by atoms with Gasteiger partial charge in [0.05, 0.1) is 0 Å². The first-order valence-electron chi connectivity index (χ1n) is 3.30. The summed E-state index contributed by atoms with van der Waals surface area (Å²) in [6.45, 7) is 0. The van der Waals surface area contributed by atoms with Crippen LogP contribution in [0.5, 0.6) is 0 Å². The van der Waals surface area contributed by atoms with Gasteiger partial charge in [0.1, 0.15) is 5.52 Å². The van der Waals surface area contributed by atoms with Crippen molar-refractivity contribution in [3.63, 3.8) is 0 Å². The molecule has 0 spiro atoms. The second-order valence-corrected chi connectivity index (χ2v) is 2.02. The first-order chi connectivity index (χ1) is 5.86. The number of para-hydroxylation sites is 2. The molecule has 0 saturated heterocycles. The van der Waals surface area contributed by atoms with Gasteiger partial charge >= 0.3 is 0 Å². The first-order valence-corrected chi connectivity index (χ1v) is 3.30. The van der Waals surface area contributed by atoms with Crippen molar-refractivity contribution in [3.8, 4) is 12.8 Å². The van der Waals surface area contributed by atoms with Gasteiger partial charge < -0.3 is 10.2 Å². The van der Waals surface area contributed by atoms with Gasteiger partial charge in [-0.2, -0.15) is 4.98 Å². The van der Waals surface area contributed by atoms with Gasteiger partial charge in [-0.05, 0) is 12.1 Å². The molecule has 3 heteroatoms. The predicted molar refractivity (Wildman–Crippen MR) is 48.3 cm³/mol. The van der Waals surface area contributed by atoms with Crippen LogP contribution in [-0.2, 0) is 0 Å². The Morgan fingerprint density at radius 1 is 1.25 bits per heavy atom. The van der Waals surface area contributed by atoms with E-state index in [0.29, 0.717) is 0 Å². The lowest BCUT2D eigenvalue weighted by Crippen LogP contribution is -1.80. The third-order valence-corrected chi connectivity index (χ3v) is 1.31. The lowest BCUT2D eigenvalue weighted by molar-refractivity contribution is 0.626. The summed E-state index contributed by atoms with van der Waals surface area (Å²) in [6.07, 6.45) is 8.00. The highest BCUT2D eigenvalue weighted by molar-refractivity contribution is 5.73. The zero-order chi connectivity index (χ0) is 8.97. The summed E-state index contributed by atoms with van der Waals surface area (Å²) in [6, 6.07) is 7.69. The Morgan fingerprint density at radius 3 is 2.58 bits per heavy atom. The molecule has 0 aliphatic carbocycles. The number of rotatable bonds is 0. The zero-order valence-corrected chi connectivity index (χ0v) is 6.40. The highest BCUT2D eigenvalue weighted by Crippen LogP contribution is 2.14. The highest BCUT2D eigenvalue weighted by atomic mass is 16.4. The molecule has 0 radical (unpaired) electrons. The molecule has 1 aromatic heterocycles. The SMILES string of the molecule is C#C.Nc1nc2ccccc2o1. The van der Waals surface area contributed by atoms with Gasteiger partial charge in [0, 0.05) is 0 Å². The van der Waals surface area contributed by atoms with Crippen molar-refractivity contribution in [3.05, 3.63) is 24.3 Å². The van der Waals surface area contributed by atoms with Crippen LogP contribution in [-0.4, -0.2) is 4.98 Å². The van der Waals surface area contributed by atoms with Gasteiger partial charge in [-0.15, -0.1) is 12.8 Å². The number of fused-ring (bicyclic) bond motifs is 1. The van der Waals surface area contributed by atoms with E-state index >= 15 is 0 Å². The van der Waals surface area contributed by atoms with Crippen LogP contribution in [0.3, 0.4) is 0 Å². The normalized spacial score (nSPS) is 8.83. The summed E-state index contributed by atoms with van der Waals surface area (Å²) in [5.41, 5.74) is 6.85. The van der Waals surface area contributed by atoms with Crippen molar-refractivity contribution in [2.75, 3.05) is 5.73 Å². The Bertz CT molecular complexity index is 356. The van der Waals surface area contributed by atoms with E-state index in [0.717, 1.165) is 11.1 Å². The lowest BCUT2D eigenvalue weighted by Gasteiger charge is -1.79. The van der Waals surface area contributed by atoms with Crippen molar-refractivity contribution in [2.45, 2.75) is 0 Å². The van der Waals surface area contributed by atoms with Crippen LogP contribution in [0.2, 0.25) is 0 Å². The summed E-state index contributed by atoms with van der Waals surface area (Å²) in [4.78, 5) is 3.92. The molecule has 2 aromatic rings. The van der Waals surface area contributed by atoms with E-state index in [1.165, 1.54) is 0 Å². The van der Waals surface area contributed by atoms with E-state index < -0.39 is 0 Å². The van der Waals surface area contributed by atoms with Gasteiger partial charge in [-0.3, -0.25) is 0 Å². The van der Waals surface area contributed by atoms with Crippen LogP contribution in [0.1, 0.15) is 0 Å². The Kier molecular flexibility index (Phi) is 2.34. The third-order valence-electron chi connectivity index (χ3n) is 1.31. The van der Waals surface area contributed by atoms with Gasteiger partial charge in [0.15, 0.2) is 5.58 Å². The molecular weight excluding hydrogens is 152 g/mol. The van der Waals surface area contributed by atoms with E-state index in [-0.39, 0.29) is 6.01 Å². The van der Waals surface area contributed by atoms with E-state index in [1.54, 1.807) is 0 Å². The topological polar surface area (TPSA) is 52.0 Å². The number of nitrogens with zero attached hydrogens (tertiary/aromatic N) is 1. The van der Waals surface area contributed by atoms with Crippen LogP contribution in [0, 0.1) is 12.8 Å². The average Bonchev–Trinajstić information content (AvgIpc) is 2.48. The monoisotopic (exact) mass is 160 g/mol. The molecule has 2 rings (SSSR count). The second kappa shape index (κ2) is 3.44. The number of hydrogen-bond acceptors (Lipinski definition) is 3. The van der Waals surface area contributed by atoms with Crippen LogP contribution in [0.15, 0.2) is 28.7 Å². The number of oxazole rings is 1. The largest absolute Gasteiger partial charge is 0.424 e. The number of terminal acetylenes is 1. The van der Waals surface area contributed by atoms with Crippen LogP contribution in [0.25, 0.3) is 11.1 Å². The van der Waals surface area contributed by atoms with E-state index in [2.05, 4.69) is 17.8 Å². The summed E-state index contributed by atoms with van der Waals surface area (Å²) in [7, 11) is 0. The van der Waals surface area contributed by atoms with Gasteiger partial charge in [-0.25, -0.2) is 0 Å².